The minimum atomic E-state index is -2.39. The molecular formula is C16H29Cl3O2Si. The first-order valence-corrected chi connectivity index (χ1v) is 13.5. The molecule has 0 aromatic heterocycles. The van der Waals surface area contributed by atoms with E-state index in [2.05, 4.69) is 6.58 Å². The molecule has 0 N–H and O–H groups in total. The normalized spacial score (nSPS) is 12.9. The molecule has 0 amide bonds. The van der Waals surface area contributed by atoms with Crippen molar-refractivity contribution in [1.29, 1.82) is 0 Å². The van der Waals surface area contributed by atoms with E-state index in [1.807, 2.05) is 6.92 Å². The summed E-state index contributed by atoms with van der Waals surface area (Å²) in [6.45, 7) is 5.32. The van der Waals surface area contributed by atoms with Crippen LogP contribution in [0.15, 0.2) is 12.7 Å². The number of rotatable bonds is 14. The van der Waals surface area contributed by atoms with Crippen LogP contribution in [0.1, 0.15) is 71.1 Å². The van der Waals surface area contributed by atoms with Crippen LogP contribution in [-0.2, 0) is 9.53 Å². The van der Waals surface area contributed by atoms with E-state index in [4.69, 9.17) is 38.0 Å². The van der Waals surface area contributed by atoms with E-state index in [9.17, 15) is 4.79 Å². The van der Waals surface area contributed by atoms with Crippen molar-refractivity contribution in [3.63, 3.8) is 0 Å². The predicted molar refractivity (Wildman–Crippen MR) is 100 cm³/mol. The molecule has 0 aromatic carbocycles. The first-order valence-electron chi connectivity index (χ1n) is 8.25. The van der Waals surface area contributed by atoms with Crippen molar-refractivity contribution in [2.45, 2.75) is 83.3 Å². The largest absolute Gasteiger partial charge is 0.460 e. The summed E-state index contributed by atoms with van der Waals surface area (Å²) in [6, 6.07) is -1.61. The lowest BCUT2D eigenvalue weighted by molar-refractivity contribution is -0.142. The number of unbranched alkanes of at least 4 members (excludes halogenated alkanes) is 8. The zero-order valence-electron chi connectivity index (χ0n) is 13.6. The lowest BCUT2D eigenvalue weighted by Gasteiger charge is -2.11. The van der Waals surface area contributed by atoms with Crippen LogP contribution in [0.3, 0.4) is 0 Å². The molecule has 0 saturated heterocycles. The zero-order chi connectivity index (χ0) is 16.8. The average molecular weight is 388 g/mol. The number of carbonyl (C=O) groups is 1. The van der Waals surface area contributed by atoms with Gasteiger partial charge in [0.15, 0.2) is 0 Å². The van der Waals surface area contributed by atoms with Gasteiger partial charge < -0.3 is 4.74 Å². The molecule has 0 fully saturated rings. The Morgan fingerprint density at radius 2 is 1.45 bits per heavy atom. The molecule has 0 aromatic rings. The summed E-state index contributed by atoms with van der Waals surface area (Å²) in [5.41, 5.74) is 0. The Balaban J connectivity index is 3.24. The van der Waals surface area contributed by atoms with Crippen molar-refractivity contribution in [3.8, 4) is 0 Å². The molecule has 1 atom stereocenters. The van der Waals surface area contributed by atoms with Crippen LogP contribution >= 0.6 is 33.2 Å². The summed E-state index contributed by atoms with van der Waals surface area (Å²) in [4.78, 5) is 11.0. The van der Waals surface area contributed by atoms with Gasteiger partial charge in [-0.3, -0.25) is 0 Å². The molecule has 1 unspecified atom stereocenters. The molecule has 0 rings (SSSR count). The highest BCUT2D eigenvalue weighted by Gasteiger charge is 2.23. The fraction of sp³-hybridized carbons (Fsp3) is 0.812. The number of hydrogen-bond acceptors (Lipinski definition) is 2. The van der Waals surface area contributed by atoms with Gasteiger partial charge in [0, 0.05) is 6.08 Å². The quantitative estimate of drug-likeness (QED) is 0.109. The molecule has 0 aliphatic heterocycles. The van der Waals surface area contributed by atoms with E-state index in [-0.39, 0.29) is 12.1 Å². The highest BCUT2D eigenvalue weighted by Crippen LogP contribution is 2.27. The third-order valence-corrected chi connectivity index (χ3v) is 6.18. The van der Waals surface area contributed by atoms with Crippen LogP contribution in [0.25, 0.3) is 0 Å². The van der Waals surface area contributed by atoms with Gasteiger partial charge in [-0.1, -0.05) is 57.9 Å². The maximum absolute atomic E-state index is 11.0. The van der Waals surface area contributed by atoms with Crippen LogP contribution in [0.2, 0.25) is 6.04 Å². The summed E-state index contributed by atoms with van der Waals surface area (Å²) in [5.74, 6) is -0.329. The van der Waals surface area contributed by atoms with E-state index in [0.29, 0.717) is 0 Å². The van der Waals surface area contributed by atoms with Gasteiger partial charge in [-0.2, -0.15) is 0 Å². The molecule has 0 heterocycles. The summed E-state index contributed by atoms with van der Waals surface area (Å²) < 4.78 is 5.12. The molecule has 0 aliphatic carbocycles. The van der Waals surface area contributed by atoms with E-state index in [1.54, 1.807) is 0 Å². The number of ether oxygens (including phenoxy) is 1. The van der Waals surface area contributed by atoms with Gasteiger partial charge in [0.1, 0.15) is 0 Å². The third kappa shape index (κ3) is 16.7. The van der Waals surface area contributed by atoms with Gasteiger partial charge in [0.2, 0.25) is 0 Å². The van der Waals surface area contributed by atoms with Gasteiger partial charge in [-0.15, -0.1) is 33.2 Å². The Hall–Kier alpha value is 0.297. The Morgan fingerprint density at radius 3 is 1.91 bits per heavy atom. The van der Waals surface area contributed by atoms with Gasteiger partial charge >= 0.3 is 12.0 Å². The monoisotopic (exact) mass is 386 g/mol. The van der Waals surface area contributed by atoms with Gasteiger partial charge in [0.25, 0.3) is 0 Å². The Labute approximate surface area is 150 Å². The molecule has 0 radical (unpaired) electrons. The number of carbonyl (C=O) groups excluding carboxylic acids is 1. The first-order chi connectivity index (χ1) is 10.3. The van der Waals surface area contributed by atoms with Crippen LogP contribution in [0.4, 0.5) is 0 Å². The summed E-state index contributed by atoms with van der Waals surface area (Å²) >= 11 is 17.5. The maximum Gasteiger partial charge on any atom is 0.341 e. The topological polar surface area (TPSA) is 26.3 Å². The van der Waals surface area contributed by atoms with Crippen molar-refractivity contribution in [3.05, 3.63) is 12.7 Å². The van der Waals surface area contributed by atoms with Crippen molar-refractivity contribution in [2.24, 2.45) is 0 Å². The smallest absolute Gasteiger partial charge is 0.341 e. The van der Waals surface area contributed by atoms with E-state index < -0.39 is 6.00 Å². The zero-order valence-corrected chi connectivity index (χ0v) is 16.9. The minimum Gasteiger partial charge on any atom is -0.460 e. The van der Waals surface area contributed by atoms with Crippen LogP contribution in [-0.4, -0.2) is 18.1 Å². The molecule has 0 saturated carbocycles. The molecule has 2 nitrogen and oxygen atoms in total. The number of hydrogen-bond donors (Lipinski definition) is 0. The van der Waals surface area contributed by atoms with Crippen molar-refractivity contribution in [2.75, 3.05) is 0 Å². The molecule has 0 spiro atoms. The highest BCUT2D eigenvalue weighted by molar-refractivity contribution is 7.64. The summed E-state index contributed by atoms with van der Waals surface area (Å²) in [7, 11) is 0. The van der Waals surface area contributed by atoms with Crippen molar-refractivity contribution in [1.82, 2.24) is 0 Å². The lowest BCUT2D eigenvalue weighted by Crippen LogP contribution is -2.12. The average Bonchev–Trinajstić information content (AvgIpc) is 2.43. The Kier molecular flexibility index (Phi) is 13.9. The highest BCUT2D eigenvalue weighted by atomic mass is 35.8. The van der Waals surface area contributed by atoms with Crippen molar-refractivity contribution < 1.29 is 9.53 Å². The second-order valence-corrected chi connectivity index (χ2v) is 15.1. The van der Waals surface area contributed by atoms with Gasteiger partial charge in [-0.25, -0.2) is 4.79 Å². The molecule has 22 heavy (non-hydrogen) atoms. The summed E-state index contributed by atoms with van der Waals surface area (Å²) in [5, 5.41) is 0. The third-order valence-electron chi connectivity index (χ3n) is 3.55. The second kappa shape index (κ2) is 13.7. The number of esters is 1. The summed E-state index contributed by atoms with van der Waals surface area (Å²) in [6.07, 6.45) is 13.0. The van der Waals surface area contributed by atoms with Gasteiger partial charge in [0.05, 0.1) is 6.10 Å². The van der Waals surface area contributed by atoms with Crippen LogP contribution in [0, 0.1) is 0 Å². The van der Waals surface area contributed by atoms with Gasteiger partial charge in [-0.05, 0) is 25.8 Å². The maximum atomic E-state index is 11.0. The molecule has 6 heteroatoms. The van der Waals surface area contributed by atoms with Crippen LogP contribution in [0.5, 0.6) is 0 Å². The molecule has 130 valence electrons. The Morgan fingerprint density at radius 1 is 1.00 bits per heavy atom. The Bertz CT molecular complexity index is 306. The molecule has 0 bridgehead atoms. The number of halogens is 3. The predicted octanol–water partition coefficient (Wildman–Crippen LogP) is 6.66. The fourth-order valence-corrected chi connectivity index (χ4v) is 4.15. The molecule has 0 aliphatic rings. The van der Waals surface area contributed by atoms with Crippen molar-refractivity contribution >= 4 is 45.2 Å². The standard InChI is InChI=1S/C16H29Cl3O2Si/c1-3-16(20)21-15(2)13-11-9-7-5-4-6-8-10-12-14-22(17,18)19/h3,15H,1,4-14H2,2H3. The lowest BCUT2D eigenvalue weighted by atomic mass is 10.1. The van der Waals surface area contributed by atoms with E-state index in [1.165, 1.54) is 51.0 Å². The van der Waals surface area contributed by atoms with E-state index >= 15 is 0 Å². The van der Waals surface area contributed by atoms with Crippen LogP contribution < -0.4 is 0 Å². The van der Waals surface area contributed by atoms with E-state index in [0.717, 1.165) is 25.3 Å². The SMILES string of the molecule is C=CC(=O)OC(C)CCCCCCCCCCC[Si](Cl)(Cl)Cl. The first kappa shape index (κ1) is 22.3. The fourth-order valence-electron chi connectivity index (χ4n) is 2.30. The second-order valence-electron chi connectivity index (χ2n) is 5.79. The minimum absolute atomic E-state index is 0.00744. The molecular weight excluding hydrogens is 359 g/mol.